The van der Waals surface area contributed by atoms with Crippen molar-refractivity contribution in [3.63, 3.8) is 0 Å². The van der Waals surface area contributed by atoms with Crippen molar-refractivity contribution < 1.29 is 4.79 Å². The van der Waals surface area contributed by atoms with Gasteiger partial charge in [0, 0.05) is 19.0 Å². The molecule has 0 radical (unpaired) electrons. The maximum Gasteiger partial charge on any atom is 0.191 e. The lowest BCUT2D eigenvalue weighted by Gasteiger charge is -2.10. The van der Waals surface area contributed by atoms with Gasteiger partial charge in [0.2, 0.25) is 0 Å². The van der Waals surface area contributed by atoms with Crippen molar-refractivity contribution in [2.75, 3.05) is 6.54 Å². The molecule has 1 aliphatic rings. The molecule has 5 nitrogen and oxygen atoms in total. The number of ketones is 1. The summed E-state index contributed by atoms with van der Waals surface area (Å²) in [6.07, 6.45) is 1.75. The summed E-state index contributed by atoms with van der Waals surface area (Å²) in [5, 5.41) is 7.55. The second-order valence-electron chi connectivity index (χ2n) is 3.67. The van der Waals surface area contributed by atoms with Crippen molar-refractivity contribution in [2.45, 2.75) is 12.8 Å². The van der Waals surface area contributed by atoms with Gasteiger partial charge < -0.3 is 5.73 Å². The molecule has 0 spiro atoms. The van der Waals surface area contributed by atoms with Crippen molar-refractivity contribution in [1.29, 1.82) is 0 Å². The SMILES string of the molecule is Cn1nnc(Br)c1C(=O)C1(CN)CC1. The molecule has 0 unspecified atom stereocenters. The first-order valence-corrected chi connectivity index (χ1v) is 5.20. The van der Waals surface area contributed by atoms with Crippen LogP contribution in [0.4, 0.5) is 0 Å². The summed E-state index contributed by atoms with van der Waals surface area (Å²) in [4.78, 5) is 12.1. The van der Waals surface area contributed by atoms with Gasteiger partial charge in [-0.1, -0.05) is 5.21 Å². The molecule has 14 heavy (non-hydrogen) atoms. The molecule has 0 aromatic carbocycles. The summed E-state index contributed by atoms with van der Waals surface area (Å²) >= 11 is 3.21. The first kappa shape index (κ1) is 9.79. The van der Waals surface area contributed by atoms with Crippen LogP contribution in [0.25, 0.3) is 0 Å². The number of carbonyl (C=O) groups is 1. The minimum Gasteiger partial charge on any atom is -0.329 e. The van der Waals surface area contributed by atoms with Gasteiger partial charge in [0.25, 0.3) is 0 Å². The maximum absolute atomic E-state index is 12.1. The normalized spacial score (nSPS) is 18.2. The van der Waals surface area contributed by atoms with E-state index in [0.29, 0.717) is 16.8 Å². The van der Waals surface area contributed by atoms with E-state index in [0.717, 1.165) is 12.8 Å². The Labute approximate surface area is 89.8 Å². The predicted molar refractivity (Wildman–Crippen MR) is 53.8 cm³/mol. The number of hydrogen-bond donors (Lipinski definition) is 1. The van der Waals surface area contributed by atoms with Gasteiger partial charge in [-0.2, -0.15) is 0 Å². The van der Waals surface area contributed by atoms with Gasteiger partial charge in [0.15, 0.2) is 10.4 Å². The van der Waals surface area contributed by atoms with Crippen LogP contribution in [0.15, 0.2) is 4.60 Å². The van der Waals surface area contributed by atoms with Crippen molar-refractivity contribution >= 4 is 21.7 Å². The Hall–Kier alpha value is -0.750. The second kappa shape index (κ2) is 3.13. The van der Waals surface area contributed by atoms with Crippen LogP contribution in [-0.4, -0.2) is 27.3 Å². The van der Waals surface area contributed by atoms with E-state index in [1.54, 1.807) is 7.05 Å². The largest absolute Gasteiger partial charge is 0.329 e. The smallest absolute Gasteiger partial charge is 0.191 e. The Morgan fingerprint density at radius 2 is 2.36 bits per heavy atom. The minimum absolute atomic E-state index is 0.0550. The van der Waals surface area contributed by atoms with Gasteiger partial charge >= 0.3 is 0 Å². The molecule has 76 valence electrons. The molecular weight excluding hydrogens is 248 g/mol. The van der Waals surface area contributed by atoms with Crippen LogP contribution in [0.1, 0.15) is 23.3 Å². The third-order valence-electron chi connectivity index (χ3n) is 2.73. The summed E-state index contributed by atoms with van der Waals surface area (Å²) in [6, 6.07) is 0. The summed E-state index contributed by atoms with van der Waals surface area (Å²) in [7, 11) is 1.71. The molecular formula is C8H11BrN4O. The van der Waals surface area contributed by atoms with E-state index in [4.69, 9.17) is 5.73 Å². The third-order valence-corrected chi connectivity index (χ3v) is 3.26. The highest BCUT2D eigenvalue weighted by molar-refractivity contribution is 9.10. The van der Waals surface area contributed by atoms with Crippen molar-refractivity contribution in [3.05, 3.63) is 10.3 Å². The van der Waals surface area contributed by atoms with Crippen LogP contribution >= 0.6 is 15.9 Å². The fraction of sp³-hybridized carbons (Fsp3) is 0.625. The van der Waals surface area contributed by atoms with E-state index in [2.05, 4.69) is 26.2 Å². The fourth-order valence-corrected chi connectivity index (χ4v) is 2.01. The highest BCUT2D eigenvalue weighted by Gasteiger charge is 2.50. The van der Waals surface area contributed by atoms with E-state index in [9.17, 15) is 4.79 Å². The molecule has 6 heteroatoms. The molecule has 1 aromatic rings. The van der Waals surface area contributed by atoms with E-state index in [1.807, 2.05) is 0 Å². The summed E-state index contributed by atoms with van der Waals surface area (Å²) in [5.41, 5.74) is 5.78. The molecule has 1 saturated carbocycles. The Kier molecular flexibility index (Phi) is 2.19. The average molecular weight is 259 g/mol. The van der Waals surface area contributed by atoms with Crippen LogP contribution in [0.3, 0.4) is 0 Å². The summed E-state index contributed by atoms with van der Waals surface area (Å²) < 4.78 is 1.99. The Balaban J connectivity index is 2.36. The molecule has 1 heterocycles. The van der Waals surface area contributed by atoms with Gasteiger partial charge in [-0.15, -0.1) is 5.10 Å². The molecule has 1 fully saturated rings. The molecule has 0 atom stereocenters. The van der Waals surface area contributed by atoms with Crippen LogP contribution in [0.2, 0.25) is 0 Å². The van der Waals surface area contributed by atoms with Crippen molar-refractivity contribution in [2.24, 2.45) is 18.2 Å². The topological polar surface area (TPSA) is 73.8 Å². The van der Waals surface area contributed by atoms with Crippen LogP contribution in [0, 0.1) is 5.41 Å². The fourth-order valence-electron chi connectivity index (χ4n) is 1.50. The molecule has 2 N–H and O–H groups in total. The lowest BCUT2D eigenvalue weighted by atomic mass is 9.99. The number of nitrogens with zero attached hydrogens (tertiary/aromatic N) is 3. The number of nitrogens with two attached hydrogens (primary N) is 1. The van der Waals surface area contributed by atoms with E-state index in [-0.39, 0.29) is 11.2 Å². The standard InChI is InChI=1S/C8H11BrN4O/c1-13-5(7(9)11-12-13)6(14)8(4-10)2-3-8/h2-4,10H2,1H3. The highest BCUT2D eigenvalue weighted by Crippen LogP contribution is 2.47. The van der Waals surface area contributed by atoms with Gasteiger partial charge in [-0.3, -0.25) is 4.79 Å². The average Bonchev–Trinajstić information content (AvgIpc) is 2.89. The van der Waals surface area contributed by atoms with Gasteiger partial charge in [0.05, 0.1) is 0 Å². The van der Waals surface area contributed by atoms with Crippen molar-refractivity contribution in [3.8, 4) is 0 Å². The molecule has 0 amide bonds. The lowest BCUT2D eigenvalue weighted by Crippen LogP contribution is -2.27. The number of Topliss-reactive ketones (excluding diaryl/α,β-unsaturated/α-hetero) is 1. The number of rotatable bonds is 3. The maximum atomic E-state index is 12.1. The summed E-state index contributed by atoms with van der Waals surface area (Å²) in [6.45, 7) is 0.406. The predicted octanol–water partition coefficient (Wildman–Crippen LogP) is 0.499. The zero-order chi connectivity index (χ0) is 10.3. The number of aryl methyl sites for hydroxylation is 1. The van der Waals surface area contributed by atoms with Crippen LogP contribution in [0.5, 0.6) is 0 Å². The zero-order valence-corrected chi connectivity index (χ0v) is 9.41. The first-order valence-electron chi connectivity index (χ1n) is 4.41. The zero-order valence-electron chi connectivity index (χ0n) is 7.83. The molecule has 2 rings (SSSR count). The quantitative estimate of drug-likeness (QED) is 0.802. The number of aromatic nitrogens is 3. The Bertz CT molecular complexity index is 363. The molecule has 0 aliphatic heterocycles. The number of carbonyl (C=O) groups excluding carboxylic acids is 1. The van der Waals surface area contributed by atoms with Gasteiger partial charge in [-0.25, -0.2) is 4.68 Å². The number of halogens is 1. The Morgan fingerprint density at radius 3 is 2.71 bits per heavy atom. The minimum atomic E-state index is -0.335. The number of hydrogen-bond acceptors (Lipinski definition) is 4. The van der Waals surface area contributed by atoms with Crippen LogP contribution < -0.4 is 5.73 Å². The first-order chi connectivity index (χ1) is 6.60. The second-order valence-corrected chi connectivity index (χ2v) is 4.42. The molecule has 1 aromatic heterocycles. The van der Waals surface area contributed by atoms with Gasteiger partial charge in [-0.05, 0) is 28.8 Å². The lowest BCUT2D eigenvalue weighted by molar-refractivity contribution is 0.0895. The third kappa shape index (κ3) is 1.29. The van der Waals surface area contributed by atoms with E-state index >= 15 is 0 Å². The van der Waals surface area contributed by atoms with Crippen molar-refractivity contribution in [1.82, 2.24) is 15.0 Å². The molecule has 0 bridgehead atoms. The molecule has 0 saturated heterocycles. The van der Waals surface area contributed by atoms with Crippen LogP contribution in [-0.2, 0) is 7.05 Å². The van der Waals surface area contributed by atoms with E-state index < -0.39 is 0 Å². The molecule has 1 aliphatic carbocycles. The Morgan fingerprint density at radius 1 is 1.71 bits per heavy atom. The van der Waals surface area contributed by atoms with Gasteiger partial charge in [0.1, 0.15) is 5.69 Å². The highest BCUT2D eigenvalue weighted by atomic mass is 79.9. The summed E-state index contributed by atoms with van der Waals surface area (Å²) in [5.74, 6) is 0.0550. The van der Waals surface area contributed by atoms with E-state index in [1.165, 1.54) is 4.68 Å². The monoisotopic (exact) mass is 258 g/mol.